The molecule has 2 aromatic rings. The predicted molar refractivity (Wildman–Crippen MR) is 92.8 cm³/mol. The summed E-state index contributed by atoms with van der Waals surface area (Å²) in [5.41, 5.74) is 0. The van der Waals surface area contributed by atoms with Crippen LogP contribution in [0.3, 0.4) is 0 Å². The molecule has 6 nitrogen and oxygen atoms in total. The van der Waals surface area contributed by atoms with Gasteiger partial charge in [0.25, 0.3) is 0 Å². The summed E-state index contributed by atoms with van der Waals surface area (Å²) in [6.07, 6.45) is 1.69. The second kappa shape index (κ2) is 6.57. The Kier molecular flexibility index (Phi) is 4.80. The van der Waals surface area contributed by atoms with Crippen molar-refractivity contribution >= 4 is 31.4 Å². The van der Waals surface area contributed by atoms with Crippen LogP contribution < -0.4 is 9.44 Å². The van der Waals surface area contributed by atoms with Crippen LogP contribution in [0, 0.1) is 0 Å². The van der Waals surface area contributed by atoms with Gasteiger partial charge in [-0.05, 0) is 55.5 Å². The van der Waals surface area contributed by atoms with Gasteiger partial charge in [0.2, 0.25) is 20.0 Å². The van der Waals surface area contributed by atoms with Crippen LogP contribution in [0.5, 0.6) is 0 Å². The lowest BCUT2D eigenvalue weighted by Crippen LogP contribution is -2.27. The van der Waals surface area contributed by atoms with Crippen molar-refractivity contribution in [3.63, 3.8) is 0 Å². The summed E-state index contributed by atoms with van der Waals surface area (Å²) in [7, 11) is -7.30. The zero-order valence-electron chi connectivity index (χ0n) is 13.0. The number of hydrogen-bond donors (Lipinski definition) is 2. The summed E-state index contributed by atoms with van der Waals surface area (Å²) in [4.78, 5) is 1.02. The SMILES string of the molecule is CC(NS(=O)(=O)c1ccc(S(=O)(=O)NC2CC2)cc1)c1cccs1. The fourth-order valence-corrected chi connectivity index (χ4v) is 5.52. The Bertz CT molecular complexity index is 900. The largest absolute Gasteiger partial charge is 0.241 e. The van der Waals surface area contributed by atoms with E-state index in [9.17, 15) is 16.8 Å². The molecule has 1 unspecified atom stereocenters. The smallest absolute Gasteiger partial charge is 0.208 e. The zero-order chi connectivity index (χ0) is 17.4. The summed E-state index contributed by atoms with van der Waals surface area (Å²) in [5.74, 6) is 0. The molecule has 1 aromatic carbocycles. The fourth-order valence-electron chi connectivity index (χ4n) is 2.18. The van der Waals surface area contributed by atoms with Gasteiger partial charge in [0.1, 0.15) is 0 Å². The van der Waals surface area contributed by atoms with E-state index < -0.39 is 20.0 Å². The number of benzene rings is 1. The summed E-state index contributed by atoms with van der Waals surface area (Å²) in [6, 6.07) is 8.62. The summed E-state index contributed by atoms with van der Waals surface area (Å²) in [5, 5.41) is 1.88. The number of sulfonamides is 2. The van der Waals surface area contributed by atoms with Crippen molar-refractivity contribution in [3.05, 3.63) is 46.7 Å². The van der Waals surface area contributed by atoms with E-state index >= 15 is 0 Å². The third-order valence-corrected chi connectivity index (χ3v) is 7.79. The van der Waals surface area contributed by atoms with Crippen molar-refractivity contribution in [2.75, 3.05) is 0 Å². The Morgan fingerprint density at radius 3 is 2.08 bits per heavy atom. The molecule has 1 aromatic heterocycles. The quantitative estimate of drug-likeness (QED) is 0.763. The molecule has 1 saturated carbocycles. The van der Waals surface area contributed by atoms with Gasteiger partial charge in [-0.15, -0.1) is 11.3 Å². The van der Waals surface area contributed by atoms with Crippen molar-refractivity contribution in [2.24, 2.45) is 0 Å². The van der Waals surface area contributed by atoms with Gasteiger partial charge in [0.15, 0.2) is 0 Å². The molecule has 24 heavy (non-hydrogen) atoms. The number of rotatable bonds is 7. The first-order chi connectivity index (χ1) is 11.3. The Hall–Kier alpha value is -1.26. The Balaban J connectivity index is 1.76. The van der Waals surface area contributed by atoms with Gasteiger partial charge in [0.05, 0.1) is 15.8 Å². The Morgan fingerprint density at radius 1 is 1.00 bits per heavy atom. The maximum Gasteiger partial charge on any atom is 0.241 e. The lowest BCUT2D eigenvalue weighted by atomic mass is 10.3. The van der Waals surface area contributed by atoms with Crippen molar-refractivity contribution in [2.45, 2.75) is 41.6 Å². The third-order valence-electron chi connectivity index (χ3n) is 3.65. The molecular formula is C15H18N2O4S3. The maximum atomic E-state index is 12.4. The first kappa shape index (κ1) is 17.6. The van der Waals surface area contributed by atoms with Crippen LogP contribution in [0.15, 0.2) is 51.6 Å². The van der Waals surface area contributed by atoms with Crippen LogP contribution in [0.1, 0.15) is 30.7 Å². The molecule has 0 aliphatic heterocycles. The minimum absolute atomic E-state index is 0.00622. The van der Waals surface area contributed by atoms with E-state index in [1.807, 2.05) is 17.5 Å². The topological polar surface area (TPSA) is 92.3 Å². The number of thiophene rings is 1. The van der Waals surface area contributed by atoms with Gasteiger partial charge in [-0.25, -0.2) is 26.3 Å². The maximum absolute atomic E-state index is 12.4. The van der Waals surface area contributed by atoms with E-state index in [0.717, 1.165) is 17.7 Å². The highest BCUT2D eigenvalue weighted by atomic mass is 32.2. The Morgan fingerprint density at radius 2 is 1.58 bits per heavy atom. The average molecular weight is 387 g/mol. The van der Waals surface area contributed by atoms with Gasteiger partial charge >= 0.3 is 0 Å². The first-order valence-corrected chi connectivity index (χ1v) is 11.3. The lowest BCUT2D eigenvalue weighted by molar-refractivity contribution is 0.567. The van der Waals surface area contributed by atoms with Crippen LogP contribution in [0.2, 0.25) is 0 Å². The van der Waals surface area contributed by atoms with Crippen LogP contribution in [0.25, 0.3) is 0 Å². The molecule has 130 valence electrons. The molecular weight excluding hydrogens is 368 g/mol. The van der Waals surface area contributed by atoms with Crippen LogP contribution in [-0.2, 0) is 20.0 Å². The number of nitrogens with one attached hydrogen (secondary N) is 2. The molecule has 1 heterocycles. The van der Waals surface area contributed by atoms with E-state index in [-0.39, 0.29) is 21.9 Å². The second-order valence-corrected chi connectivity index (χ2v) is 10.1. The molecule has 2 N–H and O–H groups in total. The normalized spacial score (nSPS) is 16.9. The van der Waals surface area contributed by atoms with Crippen LogP contribution >= 0.6 is 11.3 Å². The molecule has 0 spiro atoms. The minimum atomic E-state index is -3.72. The lowest BCUT2D eigenvalue weighted by Gasteiger charge is -2.13. The number of hydrogen-bond acceptors (Lipinski definition) is 5. The second-order valence-electron chi connectivity index (χ2n) is 5.73. The molecule has 3 rings (SSSR count). The third kappa shape index (κ3) is 4.04. The van der Waals surface area contributed by atoms with Crippen molar-refractivity contribution in [1.29, 1.82) is 0 Å². The molecule has 1 aliphatic carbocycles. The van der Waals surface area contributed by atoms with E-state index in [2.05, 4.69) is 9.44 Å². The van der Waals surface area contributed by atoms with Crippen LogP contribution in [0.4, 0.5) is 0 Å². The highest BCUT2D eigenvalue weighted by molar-refractivity contribution is 7.90. The Labute approximate surface area is 146 Å². The van der Waals surface area contributed by atoms with Gasteiger partial charge in [-0.1, -0.05) is 6.07 Å². The summed E-state index contributed by atoms with van der Waals surface area (Å²) < 4.78 is 54.2. The highest BCUT2D eigenvalue weighted by Gasteiger charge is 2.28. The van der Waals surface area contributed by atoms with Crippen molar-refractivity contribution in [1.82, 2.24) is 9.44 Å². The van der Waals surface area contributed by atoms with Crippen molar-refractivity contribution in [3.8, 4) is 0 Å². The van der Waals surface area contributed by atoms with E-state index in [1.54, 1.807) is 6.92 Å². The standard InChI is InChI=1S/C15H18N2O4S3/c1-11(15-3-2-10-22-15)16-23(18,19)13-6-8-14(9-7-13)24(20,21)17-12-4-5-12/h2-3,6-12,16-17H,4-5H2,1H3. The fraction of sp³-hybridized carbons (Fsp3) is 0.333. The molecule has 0 radical (unpaired) electrons. The molecule has 0 saturated heterocycles. The molecule has 0 bridgehead atoms. The molecule has 0 amide bonds. The predicted octanol–water partition coefficient (Wildman–Crippen LogP) is 2.23. The van der Waals surface area contributed by atoms with Gasteiger partial charge in [-0.3, -0.25) is 0 Å². The molecule has 1 aliphatic rings. The summed E-state index contributed by atoms with van der Waals surface area (Å²) in [6.45, 7) is 1.77. The van der Waals surface area contributed by atoms with E-state index in [4.69, 9.17) is 0 Å². The van der Waals surface area contributed by atoms with Gasteiger partial charge in [0, 0.05) is 10.9 Å². The van der Waals surface area contributed by atoms with E-state index in [0.29, 0.717) is 0 Å². The molecule has 1 fully saturated rings. The minimum Gasteiger partial charge on any atom is -0.208 e. The summed E-state index contributed by atoms with van der Waals surface area (Å²) >= 11 is 1.47. The molecule has 9 heteroatoms. The van der Waals surface area contributed by atoms with Crippen molar-refractivity contribution < 1.29 is 16.8 Å². The van der Waals surface area contributed by atoms with Gasteiger partial charge < -0.3 is 0 Å². The van der Waals surface area contributed by atoms with Crippen LogP contribution in [-0.4, -0.2) is 22.9 Å². The van der Waals surface area contributed by atoms with Gasteiger partial charge in [-0.2, -0.15) is 0 Å². The average Bonchev–Trinajstić information content (AvgIpc) is 3.15. The monoisotopic (exact) mass is 386 g/mol. The van der Waals surface area contributed by atoms with E-state index in [1.165, 1.54) is 35.6 Å². The zero-order valence-corrected chi connectivity index (χ0v) is 15.4. The first-order valence-electron chi connectivity index (χ1n) is 7.46. The highest BCUT2D eigenvalue weighted by Crippen LogP contribution is 2.24. The molecule has 1 atom stereocenters.